The fourth-order valence-electron chi connectivity index (χ4n) is 8.87. The predicted octanol–water partition coefficient (Wildman–Crippen LogP) is 12.9. The van der Waals surface area contributed by atoms with Crippen LogP contribution in [-0.2, 0) is 43.9 Å². The normalized spacial score (nSPS) is 17.8. The average Bonchev–Trinajstić information content (AvgIpc) is 3.74. The number of rotatable bonds is 5. The zero-order valence-corrected chi connectivity index (χ0v) is 37.5. The van der Waals surface area contributed by atoms with Crippen molar-refractivity contribution < 1.29 is 25.8 Å². The number of hydrogen-bond acceptors (Lipinski definition) is 5. The molecule has 0 amide bonds. The Hall–Kier alpha value is -4.99. The molecule has 4 heterocycles. The Morgan fingerprint density at radius 3 is 2.22 bits per heavy atom. The molecule has 1 aromatic heterocycles. The summed E-state index contributed by atoms with van der Waals surface area (Å²) >= 11 is 0. The van der Waals surface area contributed by atoms with E-state index in [2.05, 4.69) is 194 Å². The summed E-state index contributed by atoms with van der Waals surface area (Å²) in [6, 6.07) is 45.0. The first-order valence-electron chi connectivity index (χ1n) is 20.3. The molecule has 0 fully saturated rings. The van der Waals surface area contributed by atoms with Crippen molar-refractivity contribution in [3.8, 4) is 11.5 Å². The van der Waals surface area contributed by atoms with Crippen LogP contribution in [0.25, 0.3) is 0 Å². The van der Waals surface area contributed by atoms with Gasteiger partial charge >= 0.3 is 21.1 Å². The van der Waals surface area contributed by atoms with Gasteiger partial charge < -0.3 is 19.5 Å². The van der Waals surface area contributed by atoms with Crippen LogP contribution in [0.4, 0.5) is 17.2 Å². The van der Waals surface area contributed by atoms with E-state index in [1.807, 2.05) is 6.20 Å². The Labute approximate surface area is 359 Å². The molecular formula is C52H52N4OPt. The minimum absolute atomic E-state index is 0. The van der Waals surface area contributed by atoms with E-state index in [1.54, 1.807) is 0 Å². The Balaban J connectivity index is 0.00000469. The first kappa shape index (κ1) is 39.8. The van der Waals surface area contributed by atoms with Gasteiger partial charge in [0.1, 0.15) is 5.82 Å². The fraction of sp³-hybridized carbons (Fsp3) is 0.308. The number of aromatic nitrogens is 1. The summed E-state index contributed by atoms with van der Waals surface area (Å²) in [4.78, 5) is 15.2. The molecule has 0 spiro atoms. The Bertz CT molecular complexity index is 2580. The maximum atomic E-state index is 7.00. The van der Waals surface area contributed by atoms with E-state index >= 15 is 0 Å². The predicted molar refractivity (Wildman–Crippen MR) is 233 cm³/mol. The van der Waals surface area contributed by atoms with E-state index in [4.69, 9.17) is 14.7 Å². The largest absolute Gasteiger partial charge is 2.00 e. The Kier molecular flexibility index (Phi) is 9.87. The number of aryl methyl sites for hydroxylation is 2. The van der Waals surface area contributed by atoms with Crippen LogP contribution in [0.1, 0.15) is 123 Å². The number of fused-ring (bicyclic) bond motifs is 5. The molecule has 2 atom stereocenters. The molecule has 0 N–H and O–H groups in total. The average molecular weight is 944 g/mol. The van der Waals surface area contributed by atoms with Crippen LogP contribution in [0.2, 0.25) is 0 Å². The number of nitrogens with zero attached hydrogens (tertiary/aromatic N) is 4. The summed E-state index contributed by atoms with van der Waals surface area (Å²) in [6.45, 7) is 23.2. The van der Waals surface area contributed by atoms with Crippen molar-refractivity contribution in [2.75, 3.05) is 4.90 Å². The molecule has 9 rings (SSSR count). The molecule has 0 aliphatic carbocycles. The van der Waals surface area contributed by atoms with E-state index in [0.717, 1.165) is 46.3 Å². The van der Waals surface area contributed by atoms with Crippen LogP contribution < -0.4 is 9.64 Å². The van der Waals surface area contributed by atoms with E-state index in [0.29, 0.717) is 11.5 Å². The summed E-state index contributed by atoms with van der Waals surface area (Å²) in [7, 11) is 0. The van der Waals surface area contributed by atoms with Gasteiger partial charge in [0.05, 0.1) is 12.1 Å². The van der Waals surface area contributed by atoms with Crippen molar-refractivity contribution >= 4 is 23.0 Å². The molecule has 0 saturated heterocycles. The third-order valence-corrected chi connectivity index (χ3v) is 12.2. The summed E-state index contributed by atoms with van der Waals surface area (Å²) in [6.07, 6.45) is 1.93. The molecule has 5 aromatic carbocycles. The van der Waals surface area contributed by atoms with Crippen molar-refractivity contribution in [1.29, 1.82) is 0 Å². The standard InChI is InChI=1S/C52H52N4O.Pt/c1-32-20-21-43-41(24-32)52(9,10)42-25-33(2)45(30-44(42)56(43)46-29-37(22-23-53-46)50(3,4)5)57-39-27-36(26-38(28-39)51(6,7)8)49-54-47(34-16-12-11-13-17-34)48-40-19-15-14-18-35(40)31-55(48)49;/h11-26,28-29,47-48H,31H2,1-10H3;/q-2;+2/t47-,48+;/m1./s1. The second kappa shape index (κ2) is 14.4. The molecule has 0 saturated carbocycles. The van der Waals surface area contributed by atoms with Gasteiger partial charge in [-0.25, -0.2) is 4.98 Å². The molecule has 58 heavy (non-hydrogen) atoms. The number of aliphatic imine (C=N–C) groups is 1. The van der Waals surface area contributed by atoms with Gasteiger partial charge in [-0.1, -0.05) is 152 Å². The van der Waals surface area contributed by atoms with Crippen molar-refractivity contribution in [1.82, 2.24) is 9.88 Å². The van der Waals surface area contributed by atoms with Gasteiger partial charge in [0, 0.05) is 35.8 Å². The van der Waals surface area contributed by atoms with Gasteiger partial charge in [0.15, 0.2) is 0 Å². The van der Waals surface area contributed by atoms with Crippen LogP contribution >= 0.6 is 0 Å². The van der Waals surface area contributed by atoms with Crippen molar-refractivity contribution in [3.63, 3.8) is 0 Å². The van der Waals surface area contributed by atoms with E-state index in [-0.39, 0.29) is 49.4 Å². The summed E-state index contributed by atoms with van der Waals surface area (Å²) in [5.74, 6) is 3.15. The van der Waals surface area contributed by atoms with Gasteiger partial charge in [-0.05, 0) is 69.2 Å². The number of benzene rings is 5. The minimum atomic E-state index is -0.278. The molecule has 6 aromatic rings. The Morgan fingerprint density at radius 2 is 1.48 bits per heavy atom. The molecular weight excluding hydrogens is 892 g/mol. The zero-order chi connectivity index (χ0) is 40.0. The zero-order valence-electron chi connectivity index (χ0n) is 35.3. The van der Waals surface area contributed by atoms with Crippen LogP contribution in [0.15, 0.2) is 114 Å². The fourth-order valence-corrected chi connectivity index (χ4v) is 8.87. The maximum Gasteiger partial charge on any atom is 2.00 e. The number of anilines is 3. The van der Waals surface area contributed by atoms with Crippen molar-refractivity contribution in [2.24, 2.45) is 4.99 Å². The quantitative estimate of drug-likeness (QED) is 0.162. The second-order valence-corrected chi connectivity index (χ2v) is 18.8. The number of amidine groups is 1. The third kappa shape index (κ3) is 6.80. The molecule has 0 radical (unpaired) electrons. The van der Waals surface area contributed by atoms with Gasteiger partial charge in [-0.15, -0.1) is 34.4 Å². The van der Waals surface area contributed by atoms with Gasteiger partial charge in [-0.3, -0.25) is 0 Å². The van der Waals surface area contributed by atoms with Crippen LogP contribution in [-0.4, -0.2) is 15.7 Å². The smallest absolute Gasteiger partial charge is 0.503 e. The molecule has 5 nitrogen and oxygen atoms in total. The maximum absolute atomic E-state index is 7.00. The van der Waals surface area contributed by atoms with E-state index in [9.17, 15) is 0 Å². The van der Waals surface area contributed by atoms with Gasteiger partial charge in [0.2, 0.25) is 0 Å². The van der Waals surface area contributed by atoms with Gasteiger partial charge in [0.25, 0.3) is 0 Å². The summed E-state index contributed by atoms with van der Waals surface area (Å²) < 4.78 is 7.00. The molecule has 3 aliphatic heterocycles. The third-order valence-electron chi connectivity index (χ3n) is 12.2. The number of hydrogen-bond donors (Lipinski definition) is 0. The Morgan fingerprint density at radius 1 is 0.759 bits per heavy atom. The molecule has 0 unspecified atom stereocenters. The second-order valence-electron chi connectivity index (χ2n) is 18.8. The number of pyridine rings is 1. The van der Waals surface area contributed by atoms with Crippen LogP contribution in [0, 0.1) is 26.0 Å². The van der Waals surface area contributed by atoms with Crippen molar-refractivity contribution in [2.45, 2.75) is 104 Å². The first-order valence-corrected chi connectivity index (χ1v) is 20.3. The summed E-state index contributed by atoms with van der Waals surface area (Å²) in [5, 5.41) is 0. The van der Waals surface area contributed by atoms with Crippen LogP contribution in [0.3, 0.4) is 0 Å². The summed E-state index contributed by atoms with van der Waals surface area (Å²) in [5.41, 5.74) is 13.6. The monoisotopic (exact) mass is 943 g/mol. The van der Waals surface area contributed by atoms with Crippen LogP contribution in [0.5, 0.6) is 11.5 Å². The SMILES string of the molecule is Cc1ccc2c(c1)C(C)(C)c1cc(C)c(Oc3[c-]c(C4=N[C@H](c5ccccc5)[C@@H]5c6ccccc6CN45)cc(C(C)(C)C)c3)[c-]c1N2c1cc(C(C)(C)C)ccn1.[Pt+2]. The molecule has 3 aliphatic rings. The molecule has 6 heteroatoms. The van der Waals surface area contributed by atoms with E-state index in [1.165, 1.54) is 38.9 Å². The van der Waals surface area contributed by atoms with Crippen molar-refractivity contribution in [3.05, 3.63) is 177 Å². The van der Waals surface area contributed by atoms with Gasteiger partial charge in [-0.2, -0.15) is 6.07 Å². The first-order chi connectivity index (χ1) is 27.1. The minimum Gasteiger partial charge on any atom is -0.503 e. The number of ether oxygens (including phenoxy) is 1. The topological polar surface area (TPSA) is 41.0 Å². The molecule has 296 valence electrons. The molecule has 0 bridgehead atoms. The van der Waals surface area contributed by atoms with E-state index < -0.39 is 0 Å².